The second kappa shape index (κ2) is 5.96. The van der Waals surface area contributed by atoms with Crippen LogP contribution in [0.1, 0.15) is 40.8 Å². The molecule has 0 atom stereocenters. The third-order valence-corrected chi connectivity index (χ3v) is 3.88. The van der Waals surface area contributed by atoms with Gasteiger partial charge in [-0.3, -0.25) is 0 Å². The maximum Gasteiger partial charge on any atom is 0.341 e. The van der Waals surface area contributed by atoms with E-state index in [1.165, 1.54) is 7.11 Å². The molecule has 6 nitrogen and oxygen atoms in total. The third-order valence-electron chi connectivity index (χ3n) is 3.65. The first-order valence-electron chi connectivity index (χ1n) is 6.99. The van der Waals surface area contributed by atoms with Gasteiger partial charge in [-0.2, -0.15) is 0 Å². The minimum Gasteiger partial charge on any atom is -0.485 e. The molecule has 7 heteroatoms. The van der Waals surface area contributed by atoms with Crippen molar-refractivity contribution in [3.8, 4) is 5.75 Å². The lowest BCUT2D eigenvalue weighted by Gasteiger charge is -2.10. The van der Waals surface area contributed by atoms with E-state index in [2.05, 4.69) is 10.2 Å². The van der Waals surface area contributed by atoms with Crippen LogP contribution < -0.4 is 4.74 Å². The highest BCUT2D eigenvalue weighted by Crippen LogP contribution is 2.38. The van der Waals surface area contributed by atoms with Crippen LogP contribution in [0, 0.1) is 0 Å². The number of halogens is 1. The number of hydrogen-bond acceptors (Lipinski definition) is 5. The van der Waals surface area contributed by atoms with Gasteiger partial charge >= 0.3 is 5.97 Å². The first-order valence-corrected chi connectivity index (χ1v) is 7.36. The molecule has 1 fully saturated rings. The van der Waals surface area contributed by atoms with E-state index < -0.39 is 5.97 Å². The molecule has 1 aromatic heterocycles. The standard InChI is InChI=1S/C15H16ClN3O3/c1-19-13(17-18-14(19)9-3-4-9)8-22-12-7-10(16)5-6-11(12)15(20)21-2/h5-7,9H,3-4,8H2,1-2H3. The molecule has 0 saturated heterocycles. The van der Waals surface area contributed by atoms with Crippen molar-refractivity contribution in [3.63, 3.8) is 0 Å². The van der Waals surface area contributed by atoms with Gasteiger partial charge in [0.1, 0.15) is 23.7 Å². The Morgan fingerprint density at radius 2 is 2.18 bits per heavy atom. The van der Waals surface area contributed by atoms with Gasteiger partial charge in [-0.15, -0.1) is 10.2 Å². The number of nitrogens with zero attached hydrogens (tertiary/aromatic N) is 3. The summed E-state index contributed by atoms with van der Waals surface area (Å²) in [7, 11) is 3.25. The van der Waals surface area contributed by atoms with Crippen LogP contribution in [0.2, 0.25) is 5.02 Å². The Kier molecular flexibility index (Phi) is 4.02. The molecule has 1 aliphatic rings. The first kappa shape index (κ1) is 14.8. The summed E-state index contributed by atoms with van der Waals surface area (Å²) in [6.07, 6.45) is 2.32. The van der Waals surface area contributed by atoms with E-state index >= 15 is 0 Å². The highest BCUT2D eigenvalue weighted by Gasteiger charge is 2.29. The molecule has 0 N–H and O–H groups in total. The molecule has 1 aliphatic carbocycles. The number of hydrogen-bond donors (Lipinski definition) is 0. The summed E-state index contributed by atoms with van der Waals surface area (Å²) in [6.45, 7) is 0.209. The van der Waals surface area contributed by atoms with Crippen molar-refractivity contribution >= 4 is 17.6 Å². The fourth-order valence-electron chi connectivity index (χ4n) is 2.23. The number of benzene rings is 1. The number of methoxy groups -OCH3 is 1. The highest BCUT2D eigenvalue weighted by molar-refractivity contribution is 6.30. The molecule has 0 bridgehead atoms. The maximum atomic E-state index is 11.7. The van der Waals surface area contributed by atoms with E-state index in [1.54, 1.807) is 18.2 Å². The fourth-order valence-corrected chi connectivity index (χ4v) is 2.40. The van der Waals surface area contributed by atoms with E-state index in [0.717, 1.165) is 18.7 Å². The largest absolute Gasteiger partial charge is 0.485 e. The molecule has 116 valence electrons. The zero-order chi connectivity index (χ0) is 15.7. The van der Waals surface area contributed by atoms with Crippen molar-refractivity contribution in [2.75, 3.05) is 7.11 Å². The Hall–Kier alpha value is -2.08. The molecule has 3 rings (SSSR count). The van der Waals surface area contributed by atoms with Gasteiger partial charge in [0.15, 0.2) is 5.82 Å². The SMILES string of the molecule is COC(=O)c1ccc(Cl)cc1OCc1nnc(C2CC2)n1C. The lowest BCUT2D eigenvalue weighted by atomic mass is 10.2. The topological polar surface area (TPSA) is 66.2 Å². The summed E-state index contributed by atoms with van der Waals surface area (Å²) in [5.41, 5.74) is 0.330. The van der Waals surface area contributed by atoms with Crippen LogP contribution >= 0.6 is 11.6 Å². The van der Waals surface area contributed by atoms with Gasteiger partial charge in [-0.25, -0.2) is 4.79 Å². The van der Waals surface area contributed by atoms with Gasteiger partial charge in [0, 0.05) is 18.0 Å². The summed E-state index contributed by atoms with van der Waals surface area (Å²) in [5.74, 6) is 2.11. The molecule has 0 unspecified atom stereocenters. The molecule has 0 aliphatic heterocycles. The molecule has 22 heavy (non-hydrogen) atoms. The van der Waals surface area contributed by atoms with Gasteiger partial charge in [-0.05, 0) is 31.0 Å². The molecule has 0 amide bonds. The van der Waals surface area contributed by atoms with Crippen LogP contribution in [-0.4, -0.2) is 27.8 Å². The zero-order valence-corrected chi connectivity index (χ0v) is 13.1. The molecule has 0 spiro atoms. The predicted octanol–water partition coefficient (Wildman–Crippen LogP) is 2.71. The van der Waals surface area contributed by atoms with Crippen LogP contribution in [0.25, 0.3) is 0 Å². The normalized spacial score (nSPS) is 14.0. The second-order valence-electron chi connectivity index (χ2n) is 5.23. The Bertz CT molecular complexity index is 710. The number of aromatic nitrogens is 3. The Morgan fingerprint density at radius 3 is 2.86 bits per heavy atom. The minimum atomic E-state index is -0.469. The van der Waals surface area contributed by atoms with Crippen molar-refractivity contribution in [3.05, 3.63) is 40.4 Å². The lowest BCUT2D eigenvalue weighted by molar-refractivity contribution is 0.0595. The van der Waals surface area contributed by atoms with Crippen LogP contribution in [0.3, 0.4) is 0 Å². The minimum absolute atomic E-state index is 0.209. The average Bonchev–Trinajstić information content (AvgIpc) is 3.29. The summed E-state index contributed by atoms with van der Waals surface area (Å²) in [6, 6.07) is 4.79. The van der Waals surface area contributed by atoms with Crippen molar-refractivity contribution in [1.82, 2.24) is 14.8 Å². The van der Waals surface area contributed by atoms with E-state index in [-0.39, 0.29) is 6.61 Å². The van der Waals surface area contributed by atoms with Crippen molar-refractivity contribution in [1.29, 1.82) is 0 Å². The quantitative estimate of drug-likeness (QED) is 0.792. The van der Waals surface area contributed by atoms with Gasteiger partial charge < -0.3 is 14.0 Å². The maximum absolute atomic E-state index is 11.7. The van der Waals surface area contributed by atoms with Gasteiger partial charge in [-0.1, -0.05) is 11.6 Å². The van der Waals surface area contributed by atoms with Crippen LogP contribution in [0.5, 0.6) is 5.75 Å². The summed E-state index contributed by atoms with van der Waals surface area (Å²) in [5, 5.41) is 8.83. The third kappa shape index (κ3) is 2.92. The number of rotatable bonds is 5. The van der Waals surface area contributed by atoms with E-state index in [9.17, 15) is 4.79 Å². The second-order valence-corrected chi connectivity index (χ2v) is 5.66. The zero-order valence-electron chi connectivity index (χ0n) is 12.4. The van der Waals surface area contributed by atoms with Crippen molar-refractivity contribution < 1.29 is 14.3 Å². The number of esters is 1. The molecular formula is C15H16ClN3O3. The van der Waals surface area contributed by atoms with Gasteiger partial charge in [0.25, 0.3) is 0 Å². The lowest BCUT2D eigenvalue weighted by Crippen LogP contribution is -2.09. The number of carbonyl (C=O) groups is 1. The van der Waals surface area contributed by atoms with Crippen LogP contribution in [0.15, 0.2) is 18.2 Å². The summed E-state index contributed by atoms with van der Waals surface area (Å²) in [4.78, 5) is 11.7. The van der Waals surface area contributed by atoms with Crippen molar-refractivity contribution in [2.45, 2.75) is 25.4 Å². The van der Waals surface area contributed by atoms with E-state index in [1.807, 2.05) is 11.6 Å². The average molecular weight is 322 g/mol. The van der Waals surface area contributed by atoms with E-state index in [4.69, 9.17) is 21.1 Å². The van der Waals surface area contributed by atoms with Crippen molar-refractivity contribution in [2.24, 2.45) is 7.05 Å². The Labute approximate surface area is 133 Å². The predicted molar refractivity (Wildman–Crippen MR) is 80.1 cm³/mol. The molecule has 1 saturated carbocycles. The first-order chi connectivity index (χ1) is 10.6. The molecular weight excluding hydrogens is 306 g/mol. The van der Waals surface area contributed by atoms with Crippen LogP contribution in [0.4, 0.5) is 0 Å². The molecule has 0 radical (unpaired) electrons. The summed E-state index contributed by atoms with van der Waals surface area (Å²) < 4.78 is 12.4. The van der Waals surface area contributed by atoms with Gasteiger partial charge in [0.2, 0.25) is 0 Å². The molecule has 2 aromatic rings. The number of ether oxygens (including phenoxy) is 2. The van der Waals surface area contributed by atoms with Crippen LogP contribution in [-0.2, 0) is 18.4 Å². The van der Waals surface area contributed by atoms with Gasteiger partial charge in [0.05, 0.1) is 7.11 Å². The van der Waals surface area contributed by atoms with E-state index in [0.29, 0.717) is 28.1 Å². The molecule has 1 aromatic carbocycles. The number of carbonyl (C=O) groups excluding carboxylic acids is 1. The monoisotopic (exact) mass is 321 g/mol. The Balaban J connectivity index is 1.78. The summed E-state index contributed by atoms with van der Waals surface area (Å²) >= 11 is 5.97. The highest BCUT2D eigenvalue weighted by atomic mass is 35.5. The fraction of sp³-hybridized carbons (Fsp3) is 0.400. The molecule has 1 heterocycles. The smallest absolute Gasteiger partial charge is 0.341 e. The Morgan fingerprint density at radius 1 is 1.41 bits per heavy atom.